The van der Waals surface area contributed by atoms with Gasteiger partial charge in [-0.3, -0.25) is 9.36 Å². The largest absolute Gasteiger partial charge is 0.419 e. The summed E-state index contributed by atoms with van der Waals surface area (Å²) in [5, 5.41) is 2.90. The van der Waals surface area contributed by atoms with Crippen LogP contribution >= 0.6 is 0 Å². The summed E-state index contributed by atoms with van der Waals surface area (Å²) in [4.78, 5) is 23.6. The Labute approximate surface area is 127 Å². The van der Waals surface area contributed by atoms with Crippen molar-refractivity contribution in [2.24, 2.45) is 7.05 Å². The molecule has 22 heavy (non-hydrogen) atoms. The summed E-state index contributed by atoms with van der Waals surface area (Å²) in [5.74, 6) is -0.501. The van der Waals surface area contributed by atoms with Gasteiger partial charge in [0.05, 0.1) is 11.9 Å². The Morgan fingerprint density at radius 3 is 2.77 bits per heavy atom. The Hall–Kier alpha value is -2.82. The molecule has 3 aromatic rings. The normalized spacial score (nSPS) is 10.8. The number of carbonyl (C=O) groups is 1. The van der Waals surface area contributed by atoms with E-state index in [1.807, 2.05) is 31.2 Å². The number of hydrogen-bond acceptors (Lipinski definition) is 3. The van der Waals surface area contributed by atoms with Crippen molar-refractivity contribution in [3.05, 3.63) is 64.1 Å². The van der Waals surface area contributed by atoms with Crippen molar-refractivity contribution in [3.63, 3.8) is 0 Å². The lowest BCUT2D eigenvalue weighted by Gasteiger charge is -2.08. The van der Waals surface area contributed by atoms with E-state index in [0.717, 1.165) is 16.8 Å². The molecule has 1 heterocycles. The Morgan fingerprint density at radius 1 is 1.23 bits per heavy atom. The Balaban J connectivity index is 1.81. The van der Waals surface area contributed by atoms with Gasteiger partial charge in [-0.15, -0.1) is 0 Å². The number of oxazole rings is 1. The van der Waals surface area contributed by atoms with E-state index in [0.29, 0.717) is 11.1 Å². The summed E-state index contributed by atoms with van der Waals surface area (Å²) in [7, 11) is 1.64. The maximum absolute atomic E-state index is 12.2. The van der Waals surface area contributed by atoms with Crippen LogP contribution in [0.1, 0.15) is 11.1 Å². The molecule has 0 radical (unpaired) electrons. The molecule has 5 nitrogen and oxygen atoms in total. The number of anilines is 1. The van der Waals surface area contributed by atoms with Gasteiger partial charge in [0.2, 0.25) is 5.91 Å². The summed E-state index contributed by atoms with van der Waals surface area (Å²) in [6, 6.07) is 12.9. The zero-order valence-electron chi connectivity index (χ0n) is 12.4. The Morgan fingerprint density at radius 2 is 2.00 bits per heavy atom. The molecule has 0 atom stereocenters. The first-order valence-electron chi connectivity index (χ1n) is 6.98. The van der Waals surface area contributed by atoms with Crippen molar-refractivity contribution in [2.75, 3.05) is 5.32 Å². The van der Waals surface area contributed by atoms with Crippen LogP contribution in [0.2, 0.25) is 0 Å². The molecule has 0 aliphatic carbocycles. The highest BCUT2D eigenvalue weighted by atomic mass is 16.4. The van der Waals surface area contributed by atoms with Crippen LogP contribution in [0.5, 0.6) is 0 Å². The van der Waals surface area contributed by atoms with Gasteiger partial charge >= 0.3 is 5.76 Å². The first-order chi connectivity index (χ1) is 10.5. The van der Waals surface area contributed by atoms with Crippen LogP contribution in [-0.4, -0.2) is 10.5 Å². The first kappa shape index (κ1) is 14.1. The van der Waals surface area contributed by atoms with Crippen molar-refractivity contribution in [1.82, 2.24) is 4.57 Å². The van der Waals surface area contributed by atoms with E-state index >= 15 is 0 Å². The van der Waals surface area contributed by atoms with Gasteiger partial charge in [0, 0.05) is 12.7 Å². The van der Waals surface area contributed by atoms with Crippen molar-refractivity contribution >= 4 is 22.7 Å². The average Bonchev–Trinajstić information content (AvgIpc) is 2.77. The van der Waals surface area contributed by atoms with Crippen LogP contribution in [-0.2, 0) is 18.3 Å². The van der Waals surface area contributed by atoms with Gasteiger partial charge in [-0.1, -0.05) is 24.3 Å². The first-order valence-corrected chi connectivity index (χ1v) is 6.98. The zero-order chi connectivity index (χ0) is 15.7. The number of benzene rings is 2. The second kappa shape index (κ2) is 5.52. The molecule has 0 saturated carbocycles. The highest BCUT2D eigenvalue weighted by molar-refractivity contribution is 5.93. The molecule has 0 aliphatic rings. The minimum atomic E-state index is -0.406. The van der Waals surface area contributed by atoms with Crippen molar-refractivity contribution < 1.29 is 9.21 Å². The zero-order valence-corrected chi connectivity index (χ0v) is 12.4. The molecule has 0 unspecified atom stereocenters. The van der Waals surface area contributed by atoms with E-state index in [9.17, 15) is 9.59 Å². The van der Waals surface area contributed by atoms with Gasteiger partial charge < -0.3 is 9.73 Å². The number of para-hydroxylation sites is 1. The smallest absolute Gasteiger partial charge is 0.408 e. The summed E-state index contributed by atoms with van der Waals surface area (Å²) < 4.78 is 6.51. The van der Waals surface area contributed by atoms with Gasteiger partial charge in [0.1, 0.15) is 0 Å². The topological polar surface area (TPSA) is 64.2 Å². The molecule has 3 rings (SSSR count). The number of aromatic nitrogens is 1. The molecular weight excluding hydrogens is 280 g/mol. The number of nitrogens with zero attached hydrogens (tertiary/aromatic N) is 1. The molecule has 5 heteroatoms. The fourth-order valence-corrected chi connectivity index (χ4v) is 2.38. The van der Waals surface area contributed by atoms with E-state index in [2.05, 4.69) is 5.32 Å². The lowest BCUT2D eigenvalue weighted by atomic mass is 10.1. The van der Waals surface area contributed by atoms with Gasteiger partial charge in [0.15, 0.2) is 5.58 Å². The molecule has 0 bridgehead atoms. The van der Waals surface area contributed by atoms with Crippen molar-refractivity contribution in [3.8, 4) is 0 Å². The second-order valence-electron chi connectivity index (χ2n) is 5.27. The highest BCUT2D eigenvalue weighted by Gasteiger charge is 2.10. The average molecular weight is 296 g/mol. The number of rotatable bonds is 3. The summed E-state index contributed by atoms with van der Waals surface area (Å²) in [6.07, 6.45) is 0.240. The number of aryl methyl sites for hydroxylation is 2. The highest BCUT2D eigenvalue weighted by Crippen LogP contribution is 2.16. The molecule has 112 valence electrons. The van der Waals surface area contributed by atoms with Crippen LogP contribution < -0.4 is 11.1 Å². The lowest BCUT2D eigenvalue weighted by Crippen LogP contribution is -2.15. The maximum Gasteiger partial charge on any atom is 0.419 e. The maximum atomic E-state index is 12.2. The molecule has 1 N–H and O–H groups in total. The molecule has 0 aliphatic heterocycles. The molecule has 1 amide bonds. The van der Waals surface area contributed by atoms with Gasteiger partial charge in [0.25, 0.3) is 0 Å². The standard InChI is InChI=1S/C17H16N2O3/c1-11-5-3-4-6-13(11)18-16(20)10-12-7-8-15-14(9-12)19(2)17(21)22-15/h3-9H,10H2,1-2H3,(H,18,20). The van der Waals surface area contributed by atoms with E-state index < -0.39 is 5.76 Å². The molecular formula is C17H16N2O3. The predicted octanol–water partition coefficient (Wildman–Crippen LogP) is 2.62. The Kier molecular flexibility index (Phi) is 3.55. The number of amides is 1. The third kappa shape index (κ3) is 2.65. The minimum absolute atomic E-state index is 0.0952. The quantitative estimate of drug-likeness (QED) is 0.808. The van der Waals surface area contributed by atoms with Gasteiger partial charge in [-0.2, -0.15) is 0 Å². The number of hydrogen-bond donors (Lipinski definition) is 1. The lowest BCUT2D eigenvalue weighted by molar-refractivity contribution is -0.115. The van der Waals surface area contributed by atoms with E-state index in [1.165, 1.54) is 4.57 Å². The number of nitrogens with one attached hydrogen (secondary N) is 1. The monoisotopic (exact) mass is 296 g/mol. The summed E-state index contributed by atoms with van der Waals surface area (Å²) in [6.45, 7) is 1.95. The van der Waals surface area contributed by atoms with Crippen molar-refractivity contribution in [1.29, 1.82) is 0 Å². The fourth-order valence-electron chi connectivity index (χ4n) is 2.38. The molecule has 0 spiro atoms. The third-order valence-corrected chi connectivity index (χ3v) is 3.64. The molecule has 1 aromatic heterocycles. The van der Waals surface area contributed by atoms with Crippen LogP contribution in [0.4, 0.5) is 5.69 Å². The van der Waals surface area contributed by atoms with Gasteiger partial charge in [-0.05, 0) is 36.2 Å². The van der Waals surface area contributed by atoms with Crippen LogP contribution in [0.3, 0.4) is 0 Å². The van der Waals surface area contributed by atoms with Crippen molar-refractivity contribution in [2.45, 2.75) is 13.3 Å². The number of carbonyl (C=O) groups excluding carboxylic acids is 1. The van der Waals surface area contributed by atoms with Crippen LogP contribution in [0, 0.1) is 6.92 Å². The van der Waals surface area contributed by atoms with Gasteiger partial charge in [-0.25, -0.2) is 4.79 Å². The molecule has 2 aromatic carbocycles. The molecule has 0 saturated heterocycles. The number of fused-ring (bicyclic) bond motifs is 1. The van der Waals surface area contributed by atoms with E-state index in [4.69, 9.17) is 4.42 Å². The Bertz CT molecular complexity index is 906. The van der Waals surface area contributed by atoms with Crippen LogP contribution in [0.25, 0.3) is 11.1 Å². The predicted molar refractivity (Wildman–Crippen MR) is 85.0 cm³/mol. The SMILES string of the molecule is Cc1ccccc1NC(=O)Cc1ccc2oc(=O)n(C)c2c1. The minimum Gasteiger partial charge on any atom is -0.408 e. The summed E-state index contributed by atoms with van der Waals surface area (Å²) >= 11 is 0. The summed E-state index contributed by atoms with van der Waals surface area (Å²) in [5.41, 5.74) is 3.87. The third-order valence-electron chi connectivity index (χ3n) is 3.64. The fraction of sp³-hybridized carbons (Fsp3) is 0.176. The van der Waals surface area contributed by atoms with E-state index in [-0.39, 0.29) is 12.3 Å². The molecule has 0 fully saturated rings. The van der Waals surface area contributed by atoms with Crippen LogP contribution in [0.15, 0.2) is 51.7 Å². The second-order valence-corrected chi connectivity index (χ2v) is 5.27. The van der Waals surface area contributed by atoms with E-state index in [1.54, 1.807) is 25.2 Å².